The Hall–Kier alpha value is -1.12. The molecule has 0 heterocycles. The molecule has 4 nitrogen and oxygen atoms in total. The van der Waals surface area contributed by atoms with Crippen LogP contribution in [0.4, 0.5) is 13.2 Å². The first-order valence-electron chi connectivity index (χ1n) is 4.56. The summed E-state index contributed by atoms with van der Waals surface area (Å²) in [7, 11) is -2.95. The summed E-state index contributed by atoms with van der Waals surface area (Å²) in [5, 5.41) is 0.475. The quantitative estimate of drug-likeness (QED) is 0.839. The van der Waals surface area contributed by atoms with Crippen LogP contribution >= 0.6 is 0 Å². The predicted molar refractivity (Wildman–Crippen MR) is 55.4 cm³/mol. The van der Waals surface area contributed by atoms with Gasteiger partial charge in [0.25, 0.3) is 10.0 Å². The minimum Gasteiger partial charge on any atom is -0.224 e. The Bertz CT molecular complexity index is 459. The highest BCUT2D eigenvalue weighted by Gasteiger charge is 2.30. The van der Waals surface area contributed by atoms with E-state index in [0.29, 0.717) is 5.01 Å². The zero-order valence-electron chi connectivity index (χ0n) is 8.90. The fraction of sp³-hybridized carbons (Fsp3) is 0.333. The molecule has 0 aliphatic heterocycles. The van der Waals surface area contributed by atoms with E-state index in [9.17, 15) is 21.6 Å². The van der Waals surface area contributed by atoms with Crippen LogP contribution in [0.5, 0.6) is 0 Å². The molecule has 1 N–H and O–H groups in total. The van der Waals surface area contributed by atoms with Crippen molar-refractivity contribution in [2.24, 2.45) is 0 Å². The van der Waals surface area contributed by atoms with Gasteiger partial charge < -0.3 is 0 Å². The summed E-state index contributed by atoms with van der Waals surface area (Å²) < 4.78 is 59.2. The van der Waals surface area contributed by atoms with Crippen LogP contribution in [-0.4, -0.2) is 33.2 Å². The zero-order chi connectivity index (χ0) is 13.1. The number of benzene rings is 1. The molecule has 1 aromatic rings. The molecule has 0 aromatic heterocycles. The zero-order valence-corrected chi connectivity index (χ0v) is 9.72. The molecule has 17 heavy (non-hydrogen) atoms. The van der Waals surface area contributed by atoms with Crippen molar-refractivity contribution in [3.63, 3.8) is 0 Å². The summed E-state index contributed by atoms with van der Waals surface area (Å²) >= 11 is 0. The number of nitrogens with one attached hydrogen (secondary N) is 1. The molecule has 0 aliphatic rings. The summed E-state index contributed by atoms with van der Waals surface area (Å²) in [5.41, 5.74) is 0. The van der Waals surface area contributed by atoms with E-state index in [0.717, 1.165) is 7.05 Å². The third-order valence-corrected chi connectivity index (χ3v) is 3.19. The Morgan fingerprint density at radius 3 is 2.24 bits per heavy atom. The molecule has 0 saturated heterocycles. The van der Waals surface area contributed by atoms with E-state index in [1.165, 1.54) is 24.3 Å². The lowest BCUT2D eigenvalue weighted by molar-refractivity contribution is -0.145. The molecule has 1 rings (SSSR count). The summed E-state index contributed by atoms with van der Waals surface area (Å²) in [6.07, 6.45) is -4.46. The van der Waals surface area contributed by atoms with Gasteiger partial charge in [-0.05, 0) is 12.1 Å². The van der Waals surface area contributed by atoms with Gasteiger partial charge in [0, 0.05) is 7.05 Å². The van der Waals surface area contributed by atoms with Crippen LogP contribution in [0.15, 0.2) is 35.2 Å². The van der Waals surface area contributed by atoms with Crippen LogP contribution in [0, 0.1) is 0 Å². The fourth-order valence-corrected chi connectivity index (χ4v) is 2.25. The fourth-order valence-electron chi connectivity index (χ4n) is 1.16. The normalized spacial score (nSPS) is 13.0. The van der Waals surface area contributed by atoms with Gasteiger partial charge >= 0.3 is 6.18 Å². The summed E-state index contributed by atoms with van der Waals surface area (Å²) in [6.45, 7) is -1.36. The first-order valence-corrected chi connectivity index (χ1v) is 6.04. The first-order chi connectivity index (χ1) is 7.71. The highest BCUT2D eigenvalue weighted by atomic mass is 32.2. The van der Waals surface area contributed by atoms with Crippen molar-refractivity contribution in [3.8, 4) is 0 Å². The molecular formula is C9H11F3N2O2S. The summed E-state index contributed by atoms with van der Waals surface area (Å²) in [5.74, 6) is 0. The SMILES string of the molecule is CN(CC(F)(F)F)NS(=O)(=O)c1ccccc1. The molecule has 8 heteroatoms. The molecule has 0 unspecified atom stereocenters. The van der Waals surface area contributed by atoms with Crippen molar-refractivity contribution in [2.45, 2.75) is 11.1 Å². The van der Waals surface area contributed by atoms with Gasteiger partial charge in [-0.3, -0.25) is 0 Å². The third kappa shape index (κ3) is 4.72. The first kappa shape index (κ1) is 13.9. The van der Waals surface area contributed by atoms with Crippen molar-refractivity contribution in [3.05, 3.63) is 30.3 Å². The number of hydrogen-bond acceptors (Lipinski definition) is 3. The number of hydrogen-bond donors (Lipinski definition) is 1. The van der Waals surface area contributed by atoms with Crippen molar-refractivity contribution in [1.29, 1.82) is 0 Å². The van der Waals surface area contributed by atoms with Gasteiger partial charge in [0.1, 0.15) is 6.54 Å². The summed E-state index contributed by atoms with van der Waals surface area (Å²) in [6, 6.07) is 7.17. The van der Waals surface area contributed by atoms with Crippen LogP contribution in [0.2, 0.25) is 0 Å². The Balaban J connectivity index is 2.75. The maximum absolute atomic E-state index is 12.0. The number of halogens is 3. The van der Waals surface area contributed by atoms with Crippen molar-refractivity contribution in [2.75, 3.05) is 13.6 Å². The maximum Gasteiger partial charge on any atom is 0.402 e. The lowest BCUT2D eigenvalue weighted by Gasteiger charge is -2.19. The number of nitrogens with zero attached hydrogens (tertiary/aromatic N) is 1. The number of sulfonamides is 1. The van der Waals surface area contributed by atoms with Crippen LogP contribution in [0.3, 0.4) is 0 Å². The van der Waals surface area contributed by atoms with E-state index >= 15 is 0 Å². The minimum atomic E-state index is -4.46. The van der Waals surface area contributed by atoms with Crippen molar-refractivity contribution < 1.29 is 21.6 Å². The molecular weight excluding hydrogens is 257 g/mol. The molecule has 1 aromatic carbocycles. The highest BCUT2D eigenvalue weighted by Crippen LogP contribution is 2.15. The summed E-state index contributed by atoms with van der Waals surface area (Å²) in [4.78, 5) is 1.73. The minimum absolute atomic E-state index is 0.0889. The lowest BCUT2D eigenvalue weighted by atomic mass is 10.4. The van der Waals surface area contributed by atoms with Crippen LogP contribution in [0.1, 0.15) is 0 Å². The second kappa shape index (κ2) is 5.03. The smallest absolute Gasteiger partial charge is 0.224 e. The molecule has 0 fully saturated rings. The Labute approximate surface area is 97.1 Å². The molecule has 0 amide bonds. The van der Waals surface area contributed by atoms with E-state index in [1.54, 1.807) is 6.07 Å². The molecule has 0 bridgehead atoms. The van der Waals surface area contributed by atoms with E-state index in [2.05, 4.69) is 0 Å². The van der Waals surface area contributed by atoms with Gasteiger partial charge in [-0.2, -0.15) is 13.2 Å². The Morgan fingerprint density at radius 1 is 1.24 bits per heavy atom. The average Bonchev–Trinajstić information content (AvgIpc) is 2.15. The molecule has 0 saturated carbocycles. The van der Waals surface area contributed by atoms with Gasteiger partial charge in [-0.1, -0.05) is 18.2 Å². The van der Waals surface area contributed by atoms with E-state index in [4.69, 9.17) is 0 Å². The van der Waals surface area contributed by atoms with Gasteiger partial charge in [0.2, 0.25) is 0 Å². The molecule has 0 radical (unpaired) electrons. The van der Waals surface area contributed by atoms with Crippen LogP contribution in [0.25, 0.3) is 0 Å². The van der Waals surface area contributed by atoms with E-state index in [-0.39, 0.29) is 4.90 Å². The van der Waals surface area contributed by atoms with Crippen molar-refractivity contribution >= 4 is 10.0 Å². The molecule has 0 spiro atoms. The number of rotatable bonds is 4. The van der Waals surface area contributed by atoms with Gasteiger partial charge in [-0.25, -0.2) is 13.4 Å². The standard InChI is InChI=1S/C9H11F3N2O2S/c1-14(7-9(10,11)12)13-17(15,16)8-5-3-2-4-6-8/h2-6,13H,7H2,1H3. The molecule has 0 atom stereocenters. The van der Waals surface area contributed by atoms with Gasteiger partial charge in [-0.15, -0.1) is 4.83 Å². The second-order valence-electron chi connectivity index (χ2n) is 3.38. The van der Waals surface area contributed by atoms with Crippen LogP contribution < -0.4 is 4.83 Å². The lowest BCUT2D eigenvalue weighted by Crippen LogP contribution is -2.44. The second-order valence-corrected chi connectivity index (χ2v) is 5.04. The van der Waals surface area contributed by atoms with Crippen LogP contribution in [-0.2, 0) is 10.0 Å². The van der Waals surface area contributed by atoms with Crippen molar-refractivity contribution in [1.82, 2.24) is 9.84 Å². The number of alkyl halides is 3. The Kier molecular flexibility index (Phi) is 4.12. The van der Waals surface area contributed by atoms with E-state index < -0.39 is 22.7 Å². The molecule has 96 valence electrons. The average molecular weight is 268 g/mol. The maximum atomic E-state index is 12.0. The van der Waals surface area contributed by atoms with Gasteiger partial charge in [0.15, 0.2) is 0 Å². The topological polar surface area (TPSA) is 49.4 Å². The largest absolute Gasteiger partial charge is 0.402 e. The third-order valence-electron chi connectivity index (χ3n) is 1.75. The highest BCUT2D eigenvalue weighted by molar-refractivity contribution is 7.89. The Morgan fingerprint density at radius 2 is 1.76 bits per heavy atom. The number of hydrazine groups is 1. The predicted octanol–water partition coefficient (Wildman–Crippen LogP) is 1.37. The van der Waals surface area contributed by atoms with Gasteiger partial charge in [0.05, 0.1) is 4.90 Å². The monoisotopic (exact) mass is 268 g/mol. The molecule has 0 aliphatic carbocycles. The van der Waals surface area contributed by atoms with E-state index in [1.807, 2.05) is 4.83 Å².